The first kappa shape index (κ1) is 24.0. The van der Waals surface area contributed by atoms with Crippen LogP contribution < -0.4 is 9.47 Å². The van der Waals surface area contributed by atoms with Crippen LogP contribution in [0.3, 0.4) is 0 Å². The predicted molar refractivity (Wildman–Crippen MR) is 145 cm³/mol. The Morgan fingerprint density at radius 3 is 2.59 bits per heavy atom. The molecule has 0 unspecified atom stereocenters. The van der Waals surface area contributed by atoms with Crippen LogP contribution in [0.5, 0.6) is 11.5 Å². The number of ether oxygens (including phenoxy) is 2. The number of thioether (sulfide) groups is 1. The van der Waals surface area contributed by atoms with Gasteiger partial charge in [0.1, 0.15) is 0 Å². The van der Waals surface area contributed by atoms with Crippen LogP contribution >= 0.6 is 23.1 Å². The second-order valence-corrected chi connectivity index (χ2v) is 11.0. The number of thiophene rings is 1. The molecule has 6 rings (SSSR count). The van der Waals surface area contributed by atoms with Crippen LogP contribution in [0.2, 0.25) is 0 Å². The van der Waals surface area contributed by atoms with Crippen molar-refractivity contribution in [1.29, 1.82) is 0 Å². The number of carbonyl (C=O) groups is 1. The minimum Gasteiger partial charge on any atom is -0.454 e. The van der Waals surface area contributed by atoms with Crippen molar-refractivity contribution in [2.45, 2.75) is 18.6 Å². The third kappa shape index (κ3) is 5.22. The van der Waals surface area contributed by atoms with Crippen molar-refractivity contribution in [2.75, 3.05) is 38.7 Å². The summed E-state index contributed by atoms with van der Waals surface area (Å²) in [4.78, 5) is 18.5. The van der Waals surface area contributed by atoms with Crippen LogP contribution in [0, 0.1) is 6.92 Å². The molecule has 4 aromatic rings. The van der Waals surface area contributed by atoms with Gasteiger partial charge in [-0.25, -0.2) is 0 Å². The number of nitrogens with zero attached hydrogens (tertiary/aromatic N) is 5. The number of amides is 1. The van der Waals surface area contributed by atoms with Gasteiger partial charge in [-0.05, 0) is 48.2 Å². The normalized spacial score (nSPS) is 15.3. The summed E-state index contributed by atoms with van der Waals surface area (Å²) < 4.78 is 13.0. The summed E-state index contributed by atoms with van der Waals surface area (Å²) in [5, 5.41) is 11.7. The van der Waals surface area contributed by atoms with Gasteiger partial charge in [-0.15, -0.1) is 21.5 Å². The highest BCUT2D eigenvalue weighted by Crippen LogP contribution is 2.33. The van der Waals surface area contributed by atoms with Gasteiger partial charge in [0.05, 0.1) is 10.6 Å². The number of rotatable bonds is 7. The monoisotopic (exact) mass is 533 g/mol. The number of hydrogen-bond donors (Lipinski definition) is 0. The minimum absolute atomic E-state index is 0.129. The van der Waals surface area contributed by atoms with E-state index in [1.54, 1.807) is 11.3 Å². The lowest BCUT2D eigenvalue weighted by Crippen LogP contribution is -2.48. The second kappa shape index (κ2) is 10.6. The lowest BCUT2D eigenvalue weighted by Gasteiger charge is -2.34. The molecule has 8 nitrogen and oxygen atoms in total. The second-order valence-electron chi connectivity index (χ2n) is 9.09. The summed E-state index contributed by atoms with van der Waals surface area (Å²) in [6.45, 7) is 6.30. The summed E-state index contributed by atoms with van der Waals surface area (Å²) in [5.74, 6) is 2.87. The van der Waals surface area contributed by atoms with E-state index in [1.807, 2.05) is 39.1 Å². The summed E-state index contributed by atoms with van der Waals surface area (Å²) >= 11 is 3.07. The molecule has 4 heterocycles. The van der Waals surface area contributed by atoms with E-state index in [2.05, 4.69) is 52.4 Å². The van der Waals surface area contributed by atoms with Gasteiger partial charge in [-0.1, -0.05) is 41.6 Å². The average Bonchev–Trinajstić information content (AvgIpc) is 3.69. The van der Waals surface area contributed by atoms with Gasteiger partial charge >= 0.3 is 0 Å². The molecule has 0 atom stereocenters. The topological polar surface area (TPSA) is 72.7 Å². The van der Waals surface area contributed by atoms with Crippen molar-refractivity contribution in [3.8, 4) is 27.9 Å². The molecule has 0 spiro atoms. The molecule has 37 heavy (non-hydrogen) atoms. The maximum Gasteiger partial charge on any atom is 0.233 e. The van der Waals surface area contributed by atoms with Crippen LogP contribution in [-0.2, 0) is 11.3 Å². The maximum absolute atomic E-state index is 13.1. The third-order valence-electron chi connectivity index (χ3n) is 6.56. The van der Waals surface area contributed by atoms with E-state index in [-0.39, 0.29) is 12.7 Å². The quantitative estimate of drug-likeness (QED) is 0.325. The molecular weight excluding hydrogens is 506 g/mol. The molecule has 2 aliphatic heterocycles. The van der Waals surface area contributed by atoms with Gasteiger partial charge in [0.2, 0.25) is 12.7 Å². The SMILES string of the molecule is Cc1ccc(-n2c(SCC(=O)N3CCN(Cc4ccc5c(c4)OCO5)CC3)nnc2-c2cccs2)cc1. The molecule has 10 heteroatoms. The maximum atomic E-state index is 13.1. The van der Waals surface area contributed by atoms with Crippen molar-refractivity contribution in [3.63, 3.8) is 0 Å². The molecule has 2 aliphatic rings. The smallest absolute Gasteiger partial charge is 0.233 e. The molecule has 1 fully saturated rings. The number of hydrogen-bond acceptors (Lipinski definition) is 8. The van der Waals surface area contributed by atoms with E-state index in [9.17, 15) is 4.79 Å². The Morgan fingerprint density at radius 1 is 1.00 bits per heavy atom. The number of aromatic nitrogens is 3. The fraction of sp³-hybridized carbons (Fsp3) is 0.296. The first-order chi connectivity index (χ1) is 18.1. The standard InChI is InChI=1S/C27H27N5O3S2/c1-19-4-7-21(8-5-19)32-26(24-3-2-14-36-24)28-29-27(32)37-17-25(33)31-12-10-30(11-13-31)16-20-6-9-22-23(15-20)35-18-34-22/h2-9,14-15H,10-13,16-18H2,1H3. The van der Waals surface area contributed by atoms with E-state index in [0.717, 1.165) is 65.8 Å². The predicted octanol–water partition coefficient (Wildman–Crippen LogP) is 4.47. The molecule has 0 saturated carbocycles. The van der Waals surface area contributed by atoms with Crippen molar-refractivity contribution in [1.82, 2.24) is 24.6 Å². The fourth-order valence-electron chi connectivity index (χ4n) is 4.53. The lowest BCUT2D eigenvalue weighted by atomic mass is 10.1. The molecule has 0 radical (unpaired) electrons. The van der Waals surface area contributed by atoms with E-state index in [1.165, 1.54) is 22.9 Å². The van der Waals surface area contributed by atoms with E-state index >= 15 is 0 Å². The van der Waals surface area contributed by atoms with Crippen LogP contribution in [0.15, 0.2) is 65.1 Å². The van der Waals surface area contributed by atoms with Crippen LogP contribution in [0.25, 0.3) is 16.4 Å². The van der Waals surface area contributed by atoms with Gasteiger partial charge in [-0.2, -0.15) is 0 Å². The van der Waals surface area contributed by atoms with Crippen molar-refractivity contribution in [2.24, 2.45) is 0 Å². The Morgan fingerprint density at radius 2 is 1.81 bits per heavy atom. The van der Waals surface area contributed by atoms with Crippen molar-refractivity contribution < 1.29 is 14.3 Å². The molecular formula is C27H27N5O3S2. The van der Waals surface area contributed by atoms with Gasteiger partial charge in [0.25, 0.3) is 0 Å². The van der Waals surface area contributed by atoms with Gasteiger partial charge in [0, 0.05) is 38.4 Å². The average molecular weight is 534 g/mol. The Balaban J connectivity index is 1.08. The Bertz CT molecular complexity index is 1380. The first-order valence-electron chi connectivity index (χ1n) is 12.2. The van der Waals surface area contributed by atoms with E-state index in [4.69, 9.17) is 9.47 Å². The lowest BCUT2D eigenvalue weighted by molar-refractivity contribution is -0.130. The molecule has 2 aromatic carbocycles. The number of aryl methyl sites for hydroxylation is 1. The summed E-state index contributed by atoms with van der Waals surface area (Å²) in [6, 6.07) is 18.4. The fourth-order valence-corrected chi connectivity index (χ4v) is 6.08. The minimum atomic E-state index is 0.129. The molecule has 0 bridgehead atoms. The highest BCUT2D eigenvalue weighted by atomic mass is 32.2. The molecule has 1 saturated heterocycles. The zero-order valence-electron chi connectivity index (χ0n) is 20.5. The highest BCUT2D eigenvalue weighted by Gasteiger charge is 2.24. The van der Waals surface area contributed by atoms with Gasteiger partial charge in [-0.3, -0.25) is 14.3 Å². The van der Waals surface area contributed by atoms with Crippen LogP contribution in [0.1, 0.15) is 11.1 Å². The molecule has 1 amide bonds. The van der Waals surface area contributed by atoms with Gasteiger partial charge in [0.15, 0.2) is 22.5 Å². The first-order valence-corrected chi connectivity index (χ1v) is 14.1. The van der Waals surface area contributed by atoms with E-state index in [0.29, 0.717) is 5.75 Å². The Labute approximate surface area is 223 Å². The number of benzene rings is 2. The number of fused-ring (bicyclic) bond motifs is 1. The largest absolute Gasteiger partial charge is 0.454 e. The summed E-state index contributed by atoms with van der Waals surface area (Å²) in [5.41, 5.74) is 3.37. The van der Waals surface area contributed by atoms with Crippen molar-refractivity contribution in [3.05, 3.63) is 71.1 Å². The number of piperazine rings is 1. The zero-order chi connectivity index (χ0) is 25.2. The third-order valence-corrected chi connectivity index (χ3v) is 8.34. The van der Waals surface area contributed by atoms with Gasteiger partial charge < -0.3 is 14.4 Å². The molecule has 0 N–H and O–H groups in total. The molecule has 2 aromatic heterocycles. The molecule has 0 aliphatic carbocycles. The van der Waals surface area contributed by atoms with Crippen LogP contribution in [0.4, 0.5) is 0 Å². The van der Waals surface area contributed by atoms with Crippen molar-refractivity contribution >= 4 is 29.0 Å². The van der Waals surface area contributed by atoms with Crippen LogP contribution in [-0.4, -0.2) is 69.2 Å². The Hall–Kier alpha value is -3.34. The summed E-state index contributed by atoms with van der Waals surface area (Å²) in [7, 11) is 0. The Kier molecular flexibility index (Phi) is 6.86. The van der Waals surface area contributed by atoms with E-state index < -0.39 is 0 Å². The zero-order valence-corrected chi connectivity index (χ0v) is 22.1. The molecule has 190 valence electrons. The number of carbonyl (C=O) groups excluding carboxylic acids is 1. The highest BCUT2D eigenvalue weighted by molar-refractivity contribution is 7.99. The summed E-state index contributed by atoms with van der Waals surface area (Å²) in [6.07, 6.45) is 0.